The van der Waals surface area contributed by atoms with Gasteiger partial charge in [-0.25, -0.2) is 13.2 Å². The molecule has 3 atom stereocenters. The van der Waals surface area contributed by atoms with Crippen molar-refractivity contribution < 1.29 is 22.7 Å². The van der Waals surface area contributed by atoms with E-state index in [0.29, 0.717) is 18.5 Å². The Labute approximate surface area is 155 Å². The zero-order chi connectivity index (χ0) is 19.2. The van der Waals surface area contributed by atoms with E-state index in [1.807, 2.05) is 0 Å². The number of anilines is 1. The first-order valence-electron chi connectivity index (χ1n) is 9.29. The number of aromatic nitrogens is 1. The number of nitrogens with zero attached hydrogens (tertiary/aromatic N) is 2. The van der Waals surface area contributed by atoms with Gasteiger partial charge in [-0.1, -0.05) is 0 Å². The predicted octanol–water partition coefficient (Wildman–Crippen LogP) is 1.69. The Kier molecular flexibility index (Phi) is 4.65. The number of carbonyl (C=O) groups is 1. The summed E-state index contributed by atoms with van der Waals surface area (Å²) in [5.74, 6) is -4.48. The first kappa shape index (κ1) is 18.3. The number of pyridine rings is 1. The molecule has 3 unspecified atom stereocenters. The van der Waals surface area contributed by atoms with E-state index in [4.69, 9.17) is 4.74 Å². The van der Waals surface area contributed by atoms with Gasteiger partial charge in [0.05, 0.1) is 13.2 Å². The second-order valence-corrected chi connectivity index (χ2v) is 7.45. The summed E-state index contributed by atoms with van der Waals surface area (Å²) in [5.41, 5.74) is 0.414. The van der Waals surface area contributed by atoms with Crippen LogP contribution in [0.15, 0.2) is 6.07 Å². The molecular weight excluding hydrogens is 361 g/mol. The van der Waals surface area contributed by atoms with Crippen LogP contribution in [0, 0.1) is 17.7 Å². The molecule has 6 nitrogen and oxygen atoms in total. The third-order valence-corrected chi connectivity index (χ3v) is 5.81. The van der Waals surface area contributed by atoms with Gasteiger partial charge in [-0.15, -0.1) is 0 Å². The van der Waals surface area contributed by atoms with Crippen molar-refractivity contribution in [2.45, 2.75) is 37.8 Å². The average Bonchev–Trinajstić information content (AvgIpc) is 3.04. The van der Waals surface area contributed by atoms with Crippen LogP contribution in [0.5, 0.6) is 5.88 Å². The van der Waals surface area contributed by atoms with Gasteiger partial charge >= 0.3 is 0 Å². The fraction of sp³-hybridized carbons (Fsp3) is 0.667. The van der Waals surface area contributed by atoms with Crippen molar-refractivity contribution in [2.24, 2.45) is 11.8 Å². The number of halogens is 3. The van der Waals surface area contributed by atoms with E-state index in [2.05, 4.69) is 15.6 Å². The Bertz CT molecular complexity index is 740. The fourth-order valence-corrected chi connectivity index (χ4v) is 4.16. The number of carbonyl (C=O) groups excluding carboxylic acids is 1. The second kappa shape index (κ2) is 6.85. The Morgan fingerprint density at radius 3 is 2.93 bits per heavy atom. The molecule has 0 spiro atoms. The van der Waals surface area contributed by atoms with E-state index < -0.39 is 23.6 Å². The van der Waals surface area contributed by atoms with Crippen molar-refractivity contribution in [3.63, 3.8) is 0 Å². The molecular formula is C18H23F3N4O2. The molecule has 1 aliphatic carbocycles. The highest BCUT2D eigenvalue weighted by Crippen LogP contribution is 2.59. The Morgan fingerprint density at radius 1 is 1.44 bits per heavy atom. The first-order valence-corrected chi connectivity index (χ1v) is 9.29. The molecule has 148 valence electrons. The predicted molar refractivity (Wildman–Crippen MR) is 92.4 cm³/mol. The maximum atomic E-state index is 14.6. The number of fused-ring (bicyclic) bond motifs is 1. The van der Waals surface area contributed by atoms with Crippen LogP contribution in [-0.2, 0) is 11.3 Å². The minimum atomic E-state index is -2.65. The number of methoxy groups -OCH3 is 1. The Morgan fingerprint density at radius 2 is 2.26 bits per heavy atom. The van der Waals surface area contributed by atoms with Gasteiger partial charge in [0, 0.05) is 37.0 Å². The normalized spacial score (nSPS) is 28.6. The highest BCUT2D eigenvalue weighted by molar-refractivity contribution is 5.82. The monoisotopic (exact) mass is 384 g/mol. The first-order chi connectivity index (χ1) is 12.9. The molecule has 4 rings (SSSR count). The smallest absolute Gasteiger partial charge is 0.256 e. The van der Waals surface area contributed by atoms with Crippen LogP contribution in [-0.4, -0.2) is 49.6 Å². The van der Waals surface area contributed by atoms with Gasteiger partial charge < -0.3 is 20.3 Å². The number of piperidine rings is 1. The van der Waals surface area contributed by atoms with Gasteiger partial charge in [-0.2, -0.15) is 4.98 Å². The Balaban J connectivity index is 1.46. The van der Waals surface area contributed by atoms with E-state index in [-0.39, 0.29) is 36.7 Å². The third kappa shape index (κ3) is 3.33. The minimum absolute atomic E-state index is 0.0283. The number of amides is 1. The molecule has 3 aliphatic rings. The van der Waals surface area contributed by atoms with Crippen molar-refractivity contribution in [3.05, 3.63) is 17.4 Å². The van der Waals surface area contributed by atoms with Gasteiger partial charge in [-0.05, 0) is 31.9 Å². The number of ether oxygens (including phenoxy) is 1. The summed E-state index contributed by atoms with van der Waals surface area (Å²) in [6.07, 6.45) is 2.05. The molecule has 1 saturated carbocycles. The summed E-state index contributed by atoms with van der Waals surface area (Å²) >= 11 is 0. The standard InChI is InChI=1S/C18H23F3N4O2/c1-27-17-10(8-23-16(26)14-3-2-5-22-14)7-13(19)15(24-17)25-6-4-11-12(9-25)18(11,20)21/h7,11-12,14,22H,2-6,8-9H2,1H3,(H,23,26). The van der Waals surface area contributed by atoms with E-state index in [9.17, 15) is 18.0 Å². The van der Waals surface area contributed by atoms with Crippen LogP contribution in [0.4, 0.5) is 19.0 Å². The van der Waals surface area contributed by atoms with E-state index >= 15 is 0 Å². The van der Waals surface area contributed by atoms with Crippen LogP contribution in [0.25, 0.3) is 0 Å². The van der Waals surface area contributed by atoms with Crippen molar-refractivity contribution in [1.82, 2.24) is 15.6 Å². The molecule has 0 aromatic carbocycles. The molecule has 0 bridgehead atoms. The van der Waals surface area contributed by atoms with Gasteiger partial charge in [-0.3, -0.25) is 4.79 Å². The molecule has 27 heavy (non-hydrogen) atoms. The van der Waals surface area contributed by atoms with E-state index in [1.54, 1.807) is 4.90 Å². The lowest BCUT2D eigenvalue weighted by atomic mass is 10.1. The summed E-state index contributed by atoms with van der Waals surface area (Å²) in [4.78, 5) is 17.9. The maximum Gasteiger partial charge on any atom is 0.256 e. The minimum Gasteiger partial charge on any atom is -0.481 e. The average molecular weight is 384 g/mol. The molecule has 1 aromatic heterocycles. The van der Waals surface area contributed by atoms with Gasteiger partial charge in [0.25, 0.3) is 5.92 Å². The van der Waals surface area contributed by atoms with E-state index in [0.717, 1.165) is 19.4 Å². The highest BCUT2D eigenvalue weighted by Gasteiger charge is 2.69. The second-order valence-electron chi connectivity index (χ2n) is 7.45. The number of hydrogen-bond acceptors (Lipinski definition) is 5. The van der Waals surface area contributed by atoms with Crippen molar-refractivity contribution in [1.29, 1.82) is 0 Å². The van der Waals surface area contributed by atoms with Crippen molar-refractivity contribution >= 4 is 11.7 Å². The van der Waals surface area contributed by atoms with Gasteiger partial charge in [0.2, 0.25) is 11.8 Å². The SMILES string of the molecule is COc1nc(N2CCC3C(C2)C3(F)F)c(F)cc1CNC(=O)C1CCCN1. The highest BCUT2D eigenvalue weighted by atomic mass is 19.3. The summed E-state index contributed by atoms with van der Waals surface area (Å²) in [5, 5.41) is 5.86. The summed E-state index contributed by atoms with van der Waals surface area (Å²) in [6, 6.07) is 1.04. The quantitative estimate of drug-likeness (QED) is 0.809. The molecule has 2 saturated heterocycles. The fourth-order valence-electron chi connectivity index (χ4n) is 4.16. The van der Waals surface area contributed by atoms with Gasteiger partial charge in [0.15, 0.2) is 11.6 Å². The lowest BCUT2D eigenvalue weighted by molar-refractivity contribution is -0.122. The van der Waals surface area contributed by atoms with E-state index in [1.165, 1.54) is 13.2 Å². The third-order valence-electron chi connectivity index (χ3n) is 5.81. The topological polar surface area (TPSA) is 66.5 Å². The number of hydrogen-bond donors (Lipinski definition) is 2. The van der Waals surface area contributed by atoms with Crippen LogP contribution in [0.2, 0.25) is 0 Å². The van der Waals surface area contributed by atoms with Crippen molar-refractivity contribution in [2.75, 3.05) is 31.6 Å². The Hall–Kier alpha value is -2.03. The number of alkyl halides is 2. The molecule has 9 heteroatoms. The molecule has 2 N–H and O–H groups in total. The van der Waals surface area contributed by atoms with Crippen LogP contribution in [0.1, 0.15) is 24.8 Å². The summed E-state index contributed by atoms with van der Waals surface area (Å²) in [6.45, 7) is 1.33. The molecule has 3 heterocycles. The molecule has 3 fully saturated rings. The lowest BCUT2D eigenvalue weighted by Gasteiger charge is -2.27. The molecule has 1 aromatic rings. The zero-order valence-corrected chi connectivity index (χ0v) is 15.1. The molecule has 1 amide bonds. The van der Waals surface area contributed by atoms with Crippen LogP contribution < -0.4 is 20.3 Å². The largest absolute Gasteiger partial charge is 0.481 e. The van der Waals surface area contributed by atoms with Gasteiger partial charge in [0.1, 0.15) is 0 Å². The lowest BCUT2D eigenvalue weighted by Crippen LogP contribution is -2.40. The number of nitrogens with one attached hydrogen (secondary N) is 2. The molecule has 0 radical (unpaired) electrons. The zero-order valence-electron chi connectivity index (χ0n) is 15.1. The number of rotatable bonds is 5. The van der Waals surface area contributed by atoms with Crippen molar-refractivity contribution in [3.8, 4) is 5.88 Å². The summed E-state index contributed by atoms with van der Waals surface area (Å²) < 4.78 is 47.1. The molecule has 2 aliphatic heterocycles. The van der Waals surface area contributed by atoms with Crippen LogP contribution >= 0.6 is 0 Å². The van der Waals surface area contributed by atoms with Crippen LogP contribution in [0.3, 0.4) is 0 Å². The summed E-state index contributed by atoms with van der Waals surface area (Å²) in [7, 11) is 1.41. The maximum absolute atomic E-state index is 14.6.